The lowest BCUT2D eigenvalue weighted by atomic mass is 9.75. The van der Waals surface area contributed by atoms with Crippen molar-refractivity contribution in [2.75, 3.05) is 13.2 Å². The lowest BCUT2D eigenvalue weighted by molar-refractivity contribution is -0.146. The summed E-state index contributed by atoms with van der Waals surface area (Å²) in [6, 6.07) is 0. The van der Waals surface area contributed by atoms with Gasteiger partial charge in [0.2, 0.25) is 5.88 Å². The average Bonchev–Trinajstić information content (AvgIpc) is 3.10. The molecule has 0 saturated heterocycles. The molecule has 0 fully saturated rings. The number of aryl methyl sites for hydroxylation is 1. The van der Waals surface area contributed by atoms with E-state index in [0.717, 1.165) is 51.4 Å². The molecule has 1 rings (SSSR count). The fourth-order valence-corrected chi connectivity index (χ4v) is 4.60. The van der Waals surface area contributed by atoms with Crippen molar-refractivity contribution in [1.82, 2.24) is 9.13 Å². The van der Waals surface area contributed by atoms with Crippen LogP contribution in [-0.2, 0) is 22.6 Å². The largest absolute Gasteiger partial charge is 0.493 e. The quantitative estimate of drug-likeness (QED) is 0.205. The van der Waals surface area contributed by atoms with Crippen LogP contribution in [0.15, 0.2) is 23.6 Å². The van der Waals surface area contributed by atoms with Crippen LogP contribution in [0.2, 0.25) is 0 Å². The molecule has 0 spiro atoms. The maximum Gasteiger partial charge on any atom is 0.331 e. The molecule has 1 aromatic rings. The highest BCUT2D eigenvalue weighted by atomic mass is 16.5. The normalized spacial score (nSPS) is 13.7. The van der Waals surface area contributed by atoms with E-state index in [0.29, 0.717) is 39.1 Å². The highest BCUT2D eigenvalue weighted by molar-refractivity contribution is 5.76. The molecule has 0 radical (unpaired) electrons. The van der Waals surface area contributed by atoms with Gasteiger partial charge in [-0.25, -0.2) is 4.79 Å². The third-order valence-electron chi connectivity index (χ3n) is 7.59. The summed E-state index contributed by atoms with van der Waals surface area (Å²) in [5, 5.41) is 19.6. The van der Waals surface area contributed by atoms with Crippen LogP contribution in [0.25, 0.3) is 0 Å². The second kappa shape index (κ2) is 14.3. The highest BCUT2D eigenvalue weighted by Gasteiger charge is 2.32. The van der Waals surface area contributed by atoms with Crippen LogP contribution < -0.4 is 5.69 Å². The molecule has 0 aliphatic heterocycles. The Bertz CT molecular complexity index is 778. The molecule has 0 saturated carbocycles. The van der Waals surface area contributed by atoms with E-state index in [9.17, 15) is 19.8 Å². The van der Waals surface area contributed by atoms with Gasteiger partial charge in [-0.2, -0.15) is 0 Å². The molecule has 0 aromatic carbocycles. The molecule has 7 heteroatoms. The summed E-state index contributed by atoms with van der Waals surface area (Å²) >= 11 is 0. The standard InChI is InChI=1S/C26H46N2O5/c1-6-25(7-2,17-18-28-22(29)21-27(10-5)24(28)32)15-11-13-19-33-20-14-12-16-26(8-3,9-4)23(30)31/h8,21,29H,3,6-7,9-20H2,1-2,4-5H3,(H,30,31). The second-order valence-electron chi connectivity index (χ2n) is 9.21. The fraction of sp³-hybridized carbons (Fsp3) is 0.769. The average molecular weight is 467 g/mol. The van der Waals surface area contributed by atoms with Gasteiger partial charge in [0.25, 0.3) is 0 Å². The minimum atomic E-state index is -0.815. The molecule has 1 heterocycles. The van der Waals surface area contributed by atoms with Crippen LogP contribution in [0, 0.1) is 10.8 Å². The van der Waals surface area contributed by atoms with E-state index >= 15 is 0 Å². The topological polar surface area (TPSA) is 93.7 Å². The number of ether oxygens (including phenoxy) is 1. The smallest absolute Gasteiger partial charge is 0.331 e. The molecular weight excluding hydrogens is 420 g/mol. The minimum absolute atomic E-state index is 0.0454. The molecule has 190 valence electrons. The number of imidazole rings is 1. The molecule has 1 aromatic heterocycles. The zero-order valence-corrected chi connectivity index (χ0v) is 21.3. The van der Waals surface area contributed by atoms with Crippen LogP contribution in [0.3, 0.4) is 0 Å². The van der Waals surface area contributed by atoms with Crippen molar-refractivity contribution in [2.24, 2.45) is 10.8 Å². The van der Waals surface area contributed by atoms with Crippen molar-refractivity contribution in [3.63, 3.8) is 0 Å². The van der Waals surface area contributed by atoms with Gasteiger partial charge in [-0.15, -0.1) is 6.58 Å². The third kappa shape index (κ3) is 8.05. The first kappa shape index (κ1) is 29.0. The van der Waals surface area contributed by atoms with Gasteiger partial charge >= 0.3 is 11.7 Å². The van der Waals surface area contributed by atoms with E-state index in [1.807, 2.05) is 13.8 Å². The molecule has 0 aliphatic carbocycles. The summed E-state index contributed by atoms with van der Waals surface area (Å²) in [5.74, 6) is -0.747. The van der Waals surface area contributed by atoms with Gasteiger partial charge in [0.1, 0.15) is 0 Å². The lowest BCUT2D eigenvalue weighted by Crippen LogP contribution is -2.28. The summed E-state index contributed by atoms with van der Waals surface area (Å²) in [7, 11) is 0. The van der Waals surface area contributed by atoms with Gasteiger partial charge < -0.3 is 14.9 Å². The highest BCUT2D eigenvalue weighted by Crippen LogP contribution is 2.37. The summed E-state index contributed by atoms with van der Waals surface area (Å²) in [5.41, 5.74) is -0.798. The van der Waals surface area contributed by atoms with E-state index < -0.39 is 11.4 Å². The van der Waals surface area contributed by atoms with Crippen molar-refractivity contribution in [3.05, 3.63) is 29.3 Å². The molecule has 33 heavy (non-hydrogen) atoms. The van der Waals surface area contributed by atoms with Gasteiger partial charge in [0.05, 0.1) is 11.6 Å². The van der Waals surface area contributed by atoms with Gasteiger partial charge in [-0.05, 0) is 57.3 Å². The van der Waals surface area contributed by atoms with Gasteiger partial charge in [0, 0.05) is 26.3 Å². The number of carboxylic acids is 1. The van der Waals surface area contributed by atoms with Crippen molar-refractivity contribution in [2.45, 2.75) is 105 Å². The summed E-state index contributed by atoms with van der Waals surface area (Å²) in [4.78, 5) is 23.9. The number of aliphatic carboxylic acids is 1. The number of hydrogen-bond acceptors (Lipinski definition) is 4. The third-order valence-corrected chi connectivity index (χ3v) is 7.59. The van der Waals surface area contributed by atoms with E-state index in [4.69, 9.17) is 4.74 Å². The van der Waals surface area contributed by atoms with Crippen LogP contribution in [-0.4, -0.2) is 38.5 Å². The molecule has 0 amide bonds. The first-order chi connectivity index (χ1) is 15.7. The Morgan fingerprint density at radius 3 is 2.09 bits per heavy atom. The van der Waals surface area contributed by atoms with Gasteiger partial charge in [-0.3, -0.25) is 13.9 Å². The zero-order chi connectivity index (χ0) is 24.9. The first-order valence-corrected chi connectivity index (χ1v) is 12.7. The summed E-state index contributed by atoms with van der Waals surface area (Å²) in [6.07, 6.45) is 12.0. The van der Waals surface area contributed by atoms with Crippen LogP contribution in [0.5, 0.6) is 5.88 Å². The number of carboxylic acid groups (broad SMARTS) is 1. The molecule has 7 nitrogen and oxygen atoms in total. The van der Waals surface area contributed by atoms with E-state index in [1.165, 1.54) is 15.3 Å². The number of aromatic hydroxyl groups is 1. The Labute approximate surface area is 199 Å². The fourth-order valence-electron chi connectivity index (χ4n) is 4.60. The van der Waals surface area contributed by atoms with Crippen LogP contribution in [0.4, 0.5) is 0 Å². The molecule has 0 bridgehead atoms. The summed E-state index contributed by atoms with van der Waals surface area (Å²) in [6.45, 7) is 14.4. The Morgan fingerprint density at radius 2 is 1.64 bits per heavy atom. The lowest BCUT2D eigenvalue weighted by Gasteiger charge is -2.32. The predicted octanol–water partition coefficient (Wildman–Crippen LogP) is 5.60. The first-order valence-electron chi connectivity index (χ1n) is 12.7. The van der Waals surface area contributed by atoms with Crippen LogP contribution >= 0.6 is 0 Å². The SMILES string of the molecule is C=CC(CC)(CCCCOCCCCC(CC)(CC)CCn1c(O)cn(CC)c1=O)C(=O)O. The van der Waals surface area contributed by atoms with Crippen molar-refractivity contribution < 1.29 is 19.7 Å². The number of rotatable bonds is 19. The predicted molar refractivity (Wildman–Crippen MR) is 133 cm³/mol. The van der Waals surface area contributed by atoms with Gasteiger partial charge in [-0.1, -0.05) is 46.1 Å². The van der Waals surface area contributed by atoms with Crippen LogP contribution in [0.1, 0.15) is 91.9 Å². The molecule has 1 atom stereocenters. The molecule has 0 aliphatic rings. The Balaban J connectivity index is 2.36. The number of carbonyl (C=O) groups is 1. The maximum absolute atomic E-state index is 12.4. The number of aromatic nitrogens is 2. The van der Waals surface area contributed by atoms with Crippen molar-refractivity contribution >= 4 is 5.97 Å². The van der Waals surface area contributed by atoms with Crippen molar-refractivity contribution in [3.8, 4) is 5.88 Å². The molecule has 1 unspecified atom stereocenters. The number of unbranched alkanes of at least 4 members (excludes halogenated alkanes) is 2. The minimum Gasteiger partial charge on any atom is -0.493 e. The second-order valence-corrected chi connectivity index (χ2v) is 9.21. The number of hydrogen-bond donors (Lipinski definition) is 2. The van der Waals surface area contributed by atoms with E-state index in [2.05, 4.69) is 20.4 Å². The van der Waals surface area contributed by atoms with Crippen molar-refractivity contribution in [1.29, 1.82) is 0 Å². The monoisotopic (exact) mass is 466 g/mol. The Morgan fingerprint density at radius 1 is 1.03 bits per heavy atom. The summed E-state index contributed by atoms with van der Waals surface area (Å²) < 4.78 is 8.80. The molecule has 2 N–H and O–H groups in total. The maximum atomic E-state index is 12.4. The van der Waals surface area contributed by atoms with Gasteiger partial charge in [0.15, 0.2) is 0 Å². The Hall–Kier alpha value is -2.02. The Kier molecular flexibility index (Phi) is 12.6. The number of nitrogens with zero attached hydrogens (tertiary/aromatic N) is 2. The van der Waals surface area contributed by atoms with E-state index in [1.54, 1.807) is 6.08 Å². The zero-order valence-electron chi connectivity index (χ0n) is 21.3. The van der Waals surface area contributed by atoms with E-state index in [-0.39, 0.29) is 17.0 Å². The molecular formula is C26H46N2O5.